The van der Waals surface area contributed by atoms with Crippen molar-refractivity contribution in [2.45, 2.75) is 6.61 Å². The minimum absolute atomic E-state index is 0.0491. The predicted molar refractivity (Wildman–Crippen MR) is 111 cm³/mol. The Morgan fingerprint density at radius 2 is 1.77 bits per heavy atom. The number of hydrogen-bond acceptors (Lipinski definition) is 5. The summed E-state index contributed by atoms with van der Waals surface area (Å²) in [5.74, 6) is -0.0670. The van der Waals surface area contributed by atoms with Crippen LogP contribution in [0, 0.1) is 5.82 Å². The van der Waals surface area contributed by atoms with Gasteiger partial charge in [-0.15, -0.1) is 0 Å². The summed E-state index contributed by atoms with van der Waals surface area (Å²) in [6, 6.07) is 17.1. The summed E-state index contributed by atoms with van der Waals surface area (Å²) >= 11 is 5.96. The number of rotatable bonds is 7. The number of carbonyl (C=O) groups is 1. The predicted octanol–water partition coefficient (Wildman–Crippen LogP) is 4.54. The van der Waals surface area contributed by atoms with Crippen LogP contribution in [-0.2, 0) is 11.4 Å². The van der Waals surface area contributed by atoms with Gasteiger partial charge < -0.3 is 20.0 Å². The molecule has 0 unspecified atom stereocenters. The second kappa shape index (κ2) is 9.76. The number of ether oxygens (including phenoxy) is 2. The maximum absolute atomic E-state index is 12.9. The van der Waals surface area contributed by atoms with Gasteiger partial charge in [0.2, 0.25) is 0 Å². The van der Waals surface area contributed by atoms with E-state index in [1.54, 1.807) is 54.6 Å². The summed E-state index contributed by atoms with van der Waals surface area (Å²) in [7, 11) is 1.48. The van der Waals surface area contributed by atoms with E-state index in [1.807, 2.05) is 0 Å². The van der Waals surface area contributed by atoms with E-state index in [4.69, 9.17) is 31.6 Å². The molecule has 0 fully saturated rings. The van der Waals surface area contributed by atoms with Crippen molar-refractivity contribution in [2.24, 2.45) is 10.9 Å². The lowest BCUT2D eigenvalue weighted by atomic mass is 10.1. The fraction of sp³-hybridized carbons (Fsp3) is 0.0909. The van der Waals surface area contributed by atoms with Gasteiger partial charge in [0.05, 0.1) is 18.2 Å². The first-order valence-electron chi connectivity index (χ1n) is 8.82. The van der Waals surface area contributed by atoms with Gasteiger partial charge in [0, 0.05) is 5.02 Å². The lowest BCUT2D eigenvalue weighted by molar-refractivity contribution is 0.0516. The van der Waals surface area contributed by atoms with Gasteiger partial charge in [0.1, 0.15) is 23.9 Å². The van der Waals surface area contributed by atoms with Gasteiger partial charge in [-0.3, -0.25) is 0 Å². The van der Waals surface area contributed by atoms with Gasteiger partial charge >= 0.3 is 5.97 Å². The SMILES string of the molecule is COc1ccc(Cl)cc1/C(N)=N/OC(=O)c1ccc(COc2ccc(F)cc2)cc1. The summed E-state index contributed by atoms with van der Waals surface area (Å²) in [5, 5.41) is 4.12. The van der Waals surface area contributed by atoms with Crippen LogP contribution in [-0.4, -0.2) is 18.9 Å². The maximum Gasteiger partial charge on any atom is 0.365 e. The van der Waals surface area contributed by atoms with Crippen molar-refractivity contribution >= 4 is 23.4 Å². The van der Waals surface area contributed by atoms with E-state index in [0.717, 1.165) is 5.56 Å². The maximum atomic E-state index is 12.9. The van der Waals surface area contributed by atoms with Crippen molar-refractivity contribution in [3.63, 3.8) is 0 Å². The smallest absolute Gasteiger partial charge is 0.365 e. The number of methoxy groups -OCH3 is 1. The van der Waals surface area contributed by atoms with Crippen molar-refractivity contribution in [1.82, 2.24) is 0 Å². The molecule has 0 heterocycles. The second-order valence-electron chi connectivity index (χ2n) is 6.14. The fourth-order valence-electron chi connectivity index (χ4n) is 2.51. The molecule has 8 heteroatoms. The van der Waals surface area contributed by atoms with E-state index in [0.29, 0.717) is 22.1 Å². The van der Waals surface area contributed by atoms with Crippen LogP contribution in [0.5, 0.6) is 11.5 Å². The first kappa shape index (κ1) is 21.1. The molecule has 0 saturated heterocycles. The molecule has 3 aromatic carbocycles. The molecule has 2 N–H and O–H groups in total. The van der Waals surface area contributed by atoms with Crippen molar-refractivity contribution in [3.05, 3.63) is 94.3 Å². The number of oxime groups is 1. The Morgan fingerprint density at radius 3 is 2.43 bits per heavy atom. The quantitative estimate of drug-likeness (QED) is 0.258. The third-order valence-corrected chi connectivity index (χ3v) is 4.31. The molecule has 154 valence electrons. The first-order chi connectivity index (χ1) is 14.5. The van der Waals surface area contributed by atoms with Crippen LogP contribution < -0.4 is 15.2 Å². The summed E-state index contributed by atoms with van der Waals surface area (Å²) in [4.78, 5) is 17.1. The van der Waals surface area contributed by atoms with E-state index in [-0.39, 0.29) is 23.8 Å². The topological polar surface area (TPSA) is 83.1 Å². The average molecular weight is 429 g/mol. The molecule has 3 aromatic rings. The highest BCUT2D eigenvalue weighted by Crippen LogP contribution is 2.22. The molecule has 0 radical (unpaired) electrons. The largest absolute Gasteiger partial charge is 0.496 e. The van der Waals surface area contributed by atoms with Gasteiger partial charge in [0.15, 0.2) is 5.84 Å². The number of nitrogens with two attached hydrogens (primary N) is 1. The Balaban J connectivity index is 1.61. The molecule has 0 saturated carbocycles. The van der Waals surface area contributed by atoms with E-state index < -0.39 is 5.97 Å². The van der Waals surface area contributed by atoms with Gasteiger partial charge in [-0.25, -0.2) is 9.18 Å². The van der Waals surface area contributed by atoms with Crippen molar-refractivity contribution < 1.29 is 23.5 Å². The molecular weight excluding hydrogens is 411 g/mol. The molecule has 0 atom stereocenters. The average Bonchev–Trinajstić information content (AvgIpc) is 2.77. The van der Waals surface area contributed by atoms with Gasteiger partial charge in [0.25, 0.3) is 0 Å². The van der Waals surface area contributed by atoms with E-state index in [9.17, 15) is 9.18 Å². The number of amidine groups is 1. The Bertz CT molecular complexity index is 1050. The zero-order valence-corrected chi connectivity index (χ0v) is 16.7. The fourth-order valence-corrected chi connectivity index (χ4v) is 2.68. The zero-order valence-electron chi connectivity index (χ0n) is 16.0. The molecular formula is C22H18ClFN2O4. The highest BCUT2D eigenvalue weighted by molar-refractivity contribution is 6.31. The van der Waals surface area contributed by atoms with Gasteiger partial charge in [-0.1, -0.05) is 28.9 Å². The lowest BCUT2D eigenvalue weighted by Crippen LogP contribution is -2.16. The Kier molecular flexibility index (Phi) is 6.87. The Labute approximate surface area is 177 Å². The van der Waals surface area contributed by atoms with Crippen molar-refractivity contribution in [1.29, 1.82) is 0 Å². The molecule has 0 aliphatic rings. The molecule has 0 amide bonds. The van der Waals surface area contributed by atoms with Gasteiger partial charge in [-0.05, 0) is 60.2 Å². The van der Waals surface area contributed by atoms with E-state index in [2.05, 4.69) is 5.16 Å². The highest BCUT2D eigenvalue weighted by Gasteiger charge is 2.12. The Hall–Kier alpha value is -3.58. The monoisotopic (exact) mass is 428 g/mol. The van der Waals surface area contributed by atoms with E-state index in [1.165, 1.54) is 19.2 Å². The molecule has 0 aliphatic carbocycles. The first-order valence-corrected chi connectivity index (χ1v) is 9.20. The Morgan fingerprint density at radius 1 is 1.07 bits per heavy atom. The lowest BCUT2D eigenvalue weighted by Gasteiger charge is -2.08. The molecule has 0 spiro atoms. The van der Waals surface area contributed by atoms with Crippen molar-refractivity contribution in [3.8, 4) is 11.5 Å². The summed E-state index contributed by atoms with van der Waals surface area (Å²) in [5.41, 5.74) is 7.41. The number of hydrogen-bond donors (Lipinski definition) is 1. The van der Waals surface area contributed by atoms with Crippen LogP contribution in [0.3, 0.4) is 0 Å². The van der Waals surface area contributed by atoms with Crippen molar-refractivity contribution in [2.75, 3.05) is 7.11 Å². The molecule has 3 rings (SSSR count). The zero-order chi connectivity index (χ0) is 21.5. The van der Waals surface area contributed by atoms with Crippen LogP contribution >= 0.6 is 11.6 Å². The van der Waals surface area contributed by atoms with E-state index >= 15 is 0 Å². The molecule has 6 nitrogen and oxygen atoms in total. The minimum Gasteiger partial charge on any atom is -0.496 e. The second-order valence-corrected chi connectivity index (χ2v) is 6.58. The summed E-state index contributed by atoms with van der Waals surface area (Å²) in [6.45, 7) is 0.265. The molecule has 0 aliphatic heterocycles. The number of benzene rings is 3. The standard InChI is InChI=1S/C22H18ClFN2O4/c1-28-20-11-6-16(23)12-19(20)21(25)26-30-22(27)15-4-2-14(3-5-15)13-29-18-9-7-17(24)8-10-18/h2-12H,13H2,1H3,(H2,25,26). The number of halogens is 2. The summed E-state index contributed by atoms with van der Waals surface area (Å²) in [6.07, 6.45) is 0. The number of nitrogens with zero attached hydrogens (tertiary/aromatic N) is 1. The highest BCUT2D eigenvalue weighted by atomic mass is 35.5. The minimum atomic E-state index is -0.676. The van der Waals surface area contributed by atoms with Crippen LogP contribution in [0.15, 0.2) is 71.9 Å². The number of carbonyl (C=O) groups excluding carboxylic acids is 1. The summed E-state index contributed by atoms with van der Waals surface area (Å²) < 4.78 is 23.7. The van der Waals surface area contributed by atoms with Crippen LogP contribution in [0.1, 0.15) is 21.5 Å². The van der Waals surface area contributed by atoms with Crippen LogP contribution in [0.2, 0.25) is 5.02 Å². The normalized spacial score (nSPS) is 11.1. The molecule has 30 heavy (non-hydrogen) atoms. The molecule has 0 aromatic heterocycles. The van der Waals surface area contributed by atoms with Crippen LogP contribution in [0.4, 0.5) is 4.39 Å². The van der Waals surface area contributed by atoms with Crippen LogP contribution in [0.25, 0.3) is 0 Å². The third-order valence-electron chi connectivity index (χ3n) is 4.07. The molecule has 0 bridgehead atoms. The van der Waals surface area contributed by atoms with Gasteiger partial charge in [-0.2, -0.15) is 0 Å². The third kappa shape index (κ3) is 5.48.